The fraction of sp³-hybridized carbons (Fsp3) is 0.319. The Balaban J connectivity index is 1.25. The maximum atomic E-state index is 6.63. The summed E-state index contributed by atoms with van der Waals surface area (Å²) in [6.45, 7) is 15.7. The molecule has 0 amide bonds. The van der Waals surface area contributed by atoms with Crippen LogP contribution < -0.4 is 4.74 Å². The number of hydrogen-bond acceptors (Lipinski definition) is 3. The predicted octanol–water partition coefficient (Wildman–Crippen LogP) is 12.8. The summed E-state index contributed by atoms with van der Waals surface area (Å²) in [5.74, 6) is 3.23. The van der Waals surface area contributed by atoms with Gasteiger partial charge in [0, 0.05) is 40.4 Å². The highest BCUT2D eigenvalue weighted by molar-refractivity contribution is 6.09. The number of nitrogens with zero attached hydrogens (tertiary/aromatic N) is 4. The van der Waals surface area contributed by atoms with E-state index in [4.69, 9.17) is 14.8 Å². The molecule has 5 heteroatoms. The number of hydrogen-bond donors (Lipinski definition) is 0. The monoisotopic (exact) mass is 688 g/mol. The van der Waals surface area contributed by atoms with E-state index in [0.29, 0.717) is 0 Å². The quantitative estimate of drug-likeness (QED) is 0.120. The van der Waals surface area contributed by atoms with E-state index >= 15 is 0 Å². The van der Waals surface area contributed by atoms with Gasteiger partial charge in [-0.1, -0.05) is 89.9 Å². The molecule has 0 spiro atoms. The molecule has 0 aliphatic carbocycles. The van der Waals surface area contributed by atoms with Crippen molar-refractivity contribution in [1.82, 2.24) is 19.3 Å². The number of rotatable bonds is 12. The van der Waals surface area contributed by atoms with Crippen LogP contribution in [0.15, 0.2) is 109 Å². The van der Waals surface area contributed by atoms with E-state index in [1.807, 2.05) is 29.1 Å². The number of aromatic nitrogens is 4. The van der Waals surface area contributed by atoms with Gasteiger partial charge in [0.25, 0.3) is 0 Å². The van der Waals surface area contributed by atoms with Crippen molar-refractivity contribution in [2.45, 2.75) is 87.0 Å². The van der Waals surface area contributed by atoms with Crippen LogP contribution in [0.5, 0.6) is 11.5 Å². The molecule has 0 saturated carbocycles. The van der Waals surface area contributed by atoms with Crippen molar-refractivity contribution in [2.75, 3.05) is 0 Å². The van der Waals surface area contributed by atoms with Crippen LogP contribution in [0.2, 0.25) is 0 Å². The number of fused-ring (bicyclic) bond motifs is 3. The summed E-state index contributed by atoms with van der Waals surface area (Å²) in [4.78, 5) is 4.94. The lowest BCUT2D eigenvalue weighted by Gasteiger charge is -2.18. The van der Waals surface area contributed by atoms with Crippen LogP contribution >= 0.6 is 0 Å². The number of benzene rings is 4. The van der Waals surface area contributed by atoms with Gasteiger partial charge in [-0.2, -0.15) is 5.10 Å². The molecule has 4 aromatic carbocycles. The first-order valence-electron chi connectivity index (χ1n) is 19.0. The normalized spacial score (nSPS) is 12.0. The van der Waals surface area contributed by atoms with Gasteiger partial charge in [-0.05, 0) is 116 Å². The van der Waals surface area contributed by atoms with E-state index in [9.17, 15) is 0 Å². The van der Waals surface area contributed by atoms with Crippen LogP contribution in [0.4, 0.5) is 0 Å². The van der Waals surface area contributed by atoms with E-state index in [0.717, 1.165) is 65.1 Å². The van der Waals surface area contributed by atoms with Crippen LogP contribution in [0, 0.1) is 25.2 Å². The lowest BCUT2D eigenvalue weighted by atomic mass is 9.89. The first-order chi connectivity index (χ1) is 25.0. The third-order valence-corrected chi connectivity index (χ3v) is 10.2. The van der Waals surface area contributed by atoms with Gasteiger partial charge in [-0.25, -0.2) is 9.67 Å². The van der Waals surface area contributed by atoms with Crippen molar-refractivity contribution < 1.29 is 4.74 Å². The van der Waals surface area contributed by atoms with Gasteiger partial charge < -0.3 is 4.74 Å². The smallest absolute Gasteiger partial charge is 0.137 e. The molecule has 3 heterocycles. The Hall–Kier alpha value is -5.16. The second-order valence-corrected chi connectivity index (χ2v) is 16.0. The molecule has 0 aliphatic rings. The Morgan fingerprint density at radius 1 is 0.712 bits per heavy atom. The van der Waals surface area contributed by atoms with Crippen molar-refractivity contribution >= 4 is 21.8 Å². The molecule has 0 atom stereocenters. The molecule has 0 radical (unpaired) electrons. The van der Waals surface area contributed by atoms with Crippen molar-refractivity contribution in [1.29, 1.82) is 0 Å². The van der Waals surface area contributed by atoms with Crippen LogP contribution in [-0.4, -0.2) is 19.3 Å². The Kier molecular flexibility index (Phi) is 10.1. The molecule has 266 valence electrons. The number of pyridine rings is 1. The topological polar surface area (TPSA) is 44.9 Å². The molecule has 3 aromatic heterocycles. The third kappa shape index (κ3) is 7.69. The minimum Gasteiger partial charge on any atom is -0.457 e. The molecule has 0 aliphatic heterocycles. The van der Waals surface area contributed by atoms with E-state index in [2.05, 4.69) is 138 Å². The Morgan fingerprint density at radius 2 is 1.50 bits per heavy atom. The van der Waals surface area contributed by atoms with Crippen molar-refractivity contribution in [3.8, 4) is 34.1 Å². The fourth-order valence-corrected chi connectivity index (χ4v) is 7.38. The standard InChI is InChI=1S/C47H52N4O/c1-32(2)14-11-12-15-35-20-23-43-42(28-35)41-22-21-40(31-44(41)50(43)45-29-36(25-27-48-45)24-26-47(5,6)7)52-39-19-13-18-38(30-39)51-34(4)46(33(3)49-51)37-16-9-8-10-17-37/h8-10,13,16-23,25,27-32H,11-12,14-15,24,26H2,1-7H3. The highest BCUT2D eigenvalue weighted by Gasteiger charge is 2.18. The average molecular weight is 689 g/mol. The fourth-order valence-electron chi connectivity index (χ4n) is 7.38. The van der Waals surface area contributed by atoms with Gasteiger partial charge >= 0.3 is 0 Å². The summed E-state index contributed by atoms with van der Waals surface area (Å²) >= 11 is 0. The summed E-state index contributed by atoms with van der Waals surface area (Å²) in [6.07, 6.45) is 8.94. The largest absolute Gasteiger partial charge is 0.457 e. The van der Waals surface area contributed by atoms with Gasteiger partial charge in [-0.3, -0.25) is 4.57 Å². The molecule has 0 N–H and O–H groups in total. The van der Waals surface area contributed by atoms with Gasteiger partial charge in [0.15, 0.2) is 0 Å². The van der Waals surface area contributed by atoms with Crippen LogP contribution in [0.25, 0.3) is 44.4 Å². The summed E-state index contributed by atoms with van der Waals surface area (Å²) in [5.41, 5.74) is 10.6. The molecular weight excluding hydrogens is 637 g/mol. The number of ether oxygens (including phenoxy) is 1. The SMILES string of the molecule is Cc1nn(-c2cccc(Oc3ccc4c5cc(CCCCC(C)C)ccc5n(-c5cc(CCC(C)(C)C)ccn5)c4c3)c2)c(C)c1-c1ccccc1. The Bertz CT molecular complexity index is 2320. The van der Waals surface area contributed by atoms with Crippen LogP contribution in [-0.2, 0) is 12.8 Å². The lowest BCUT2D eigenvalue weighted by Crippen LogP contribution is -2.07. The second-order valence-electron chi connectivity index (χ2n) is 16.0. The maximum absolute atomic E-state index is 6.63. The maximum Gasteiger partial charge on any atom is 0.137 e. The highest BCUT2D eigenvalue weighted by Crippen LogP contribution is 2.37. The van der Waals surface area contributed by atoms with Crippen molar-refractivity contribution in [3.63, 3.8) is 0 Å². The molecular formula is C47H52N4O. The first-order valence-corrected chi connectivity index (χ1v) is 19.0. The molecule has 52 heavy (non-hydrogen) atoms. The van der Waals surface area contributed by atoms with Gasteiger partial charge in [0.1, 0.15) is 17.3 Å². The lowest BCUT2D eigenvalue weighted by molar-refractivity contribution is 0.378. The highest BCUT2D eigenvalue weighted by atomic mass is 16.5. The number of unbranched alkanes of at least 4 members (excludes halogenated alkanes) is 1. The molecule has 0 bridgehead atoms. The van der Waals surface area contributed by atoms with Crippen molar-refractivity contribution in [3.05, 3.63) is 132 Å². The van der Waals surface area contributed by atoms with E-state index in [-0.39, 0.29) is 5.41 Å². The zero-order valence-electron chi connectivity index (χ0n) is 31.9. The van der Waals surface area contributed by atoms with E-state index in [1.54, 1.807) is 0 Å². The molecule has 7 aromatic rings. The average Bonchev–Trinajstić information content (AvgIpc) is 3.61. The predicted molar refractivity (Wildman–Crippen MR) is 217 cm³/mol. The Labute approximate surface area is 309 Å². The van der Waals surface area contributed by atoms with Crippen molar-refractivity contribution in [2.24, 2.45) is 11.3 Å². The van der Waals surface area contributed by atoms with Crippen LogP contribution in [0.1, 0.15) is 82.8 Å². The summed E-state index contributed by atoms with van der Waals surface area (Å²) in [5, 5.41) is 7.40. The van der Waals surface area contributed by atoms with E-state index < -0.39 is 0 Å². The van der Waals surface area contributed by atoms with Gasteiger partial charge in [0.05, 0.1) is 22.4 Å². The number of aryl methyl sites for hydroxylation is 3. The zero-order valence-corrected chi connectivity index (χ0v) is 31.9. The molecule has 0 unspecified atom stereocenters. The minimum absolute atomic E-state index is 0.268. The molecule has 7 rings (SSSR count). The molecule has 5 nitrogen and oxygen atoms in total. The third-order valence-electron chi connectivity index (χ3n) is 10.2. The van der Waals surface area contributed by atoms with Crippen LogP contribution in [0.3, 0.4) is 0 Å². The summed E-state index contributed by atoms with van der Waals surface area (Å²) in [6, 6.07) is 36.6. The van der Waals surface area contributed by atoms with Gasteiger partial charge in [0.2, 0.25) is 0 Å². The van der Waals surface area contributed by atoms with Gasteiger partial charge in [-0.15, -0.1) is 0 Å². The first kappa shape index (κ1) is 35.3. The summed E-state index contributed by atoms with van der Waals surface area (Å²) < 4.78 is 11.0. The minimum atomic E-state index is 0.268. The molecule has 0 fully saturated rings. The Morgan fingerprint density at radius 3 is 2.29 bits per heavy atom. The zero-order chi connectivity index (χ0) is 36.4. The van der Waals surface area contributed by atoms with E-state index in [1.165, 1.54) is 57.8 Å². The summed E-state index contributed by atoms with van der Waals surface area (Å²) in [7, 11) is 0. The second kappa shape index (κ2) is 14.8. The molecule has 0 saturated heterocycles.